The molecule has 2 aromatic rings. The van der Waals surface area contributed by atoms with Crippen LogP contribution in [0.25, 0.3) is 0 Å². The first-order valence-corrected chi connectivity index (χ1v) is 11.9. The van der Waals surface area contributed by atoms with Crippen LogP contribution in [0.1, 0.15) is 42.5 Å². The molecule has 0 aliphatic heterocycles. The zero-order valence-electron chi connectivity index (χ0n) is 15.9. The van der Waals surface area contributed by atoms with Gasteiger partial charge in [0.05, 0.1) is 13.8 Å². The van der Waals surface area contributed by atoms with Crippen molar-refractivity contribution >= 4 is 19.2 Å². The second-order valence-electron chi connectivity index (χ2n) is 8.42. The van der Waals surface area contributed by atoms with E-state index in [1.165, 1.54) is 5.19 Å². The first kappa shape index (κ1) is 18.5. The molecule has 0 aliphatic carbocycles. The number of nitrogens with one attached hydrogen (secondary N) is 1. The van der Waals surface area contributed by atoms with E-state index in [1.807, 2.05) is 13.1 Å². The molecule has 0 saturated heterocycles. The molecule has 4 nitrogen and oxygen atoms in total. The van der Waals surface area contributed by atoms with Crippen molar-refractivity contribution in [3.63, 3.8) is 0 Å². The summed E-state index contributed by atoms with van der Waals surface area (Å²) in [7, 11) is 0.537. The summed E-state index contributed by atoms with van der Waals surface area (Å²) in [6.45, 7) is 13.8. The fourth-order valence-corrected chi connectivity index (χ4v) is 3.61. The second kappa shape index (κ2) is 6.55. The minimum absolute atomic E-state index is 0.0665. The van der Waals surface area contributed by atoms with Crippen LogP contribution in [0.5, 0.6) is 0 Å². The van der Waals surface area contributed by atoms with E-state index in [-0.39, 0.29) is 11.3 Å². The summed E-state index contributed by atoms with van der Waals surface area (Å²) < 4.78 is 1.66. The monoisotopic (exact) mass is 343 g/mol. The van der Waals surface area contributed by atoms with Crippen molar-refractivity contribution in [1.29, 1.82) is 0 Å². The van der Waals surface area contributed by atoms with Crippen LogP contribution in [-0.2, 0) is 19.0 Å². The van der Waals surface area contributed by atoms with Gasteiger partial charge < -0.3 is 5.32 Å². The Balaban J connectivity index is 2.05. The van der Waals surface area contributed by atoms with Gasteiger partial charge in [-0.05, 0) is 11.6 Å². The minimum Gasteiger partial charge on any atom is -0.347 e. The van der Waals surface area contributed by atoms with E-state index in [2.05, 4.69) is 75.1 Å². The molecule has 1 amide bonds. The molecular weight excluding hydrogens is 314 g/mol. The van der Waals surface area contributed by atoms with Crippen LogP contribution in [0.3, 0.4) is 0 Å². The Labute approximate surface area is 146 Å². The molecule has 0 radical (unpaired) electrons. The van der Waals surface area contributed by atoms with E-state index >= 15 is 0 Å². The Bertz CT molecular complexity index is 719. The van der Waals surface area contributed by atoms with E-state index in [0.29, 0.717) is 12.2 Å². The van der Waals surface area contributed by atoms with Gasteiger partial charge in [0, 0.05) is 19.0 Å². The lowest BCUT2D eigenvalue weighted by Gasteiger charge is -2.16. The van der Waals surface area contributed by atoms with Gasteiger partial charge in [0.2, 0.25) is 0 Å². The van der Waals surface area contributed by atoms with Gasteiger partial charge in [-0.25, -0.2) is 0 Å². The van der Waals surface area contributed by atoms with Crippen LogP contribution in [0.15, 0.2) is 30.3 Å². The standard InChI is InChI=1S/C19H29N3OSi/c1-19(2,3)17-12-16(22(4)21-17)18(23)20-13-14-8-10-15(11-9-14)24(5,6)7/h8-12H,13H2,1-7H3,(H,20,23). The lowest BCUT2D eigenvalue weighted by Crippen LogP contribution is -2.37. The summed E-state index contributed by atoms with van der Waals surface area (Å²) in [5, 5.41) is 8.88. The fourth-order valence-electron chi connectivity index (χ4n) is 2.44. The van der Waals surface area contributed by atoms with Crippen molar-refractivity contribution in [2.45, 2.75) is 52.4 Å². The Hall–Kier alpha value is -1.88. The van der Waals surface area contributed by atoms with E-state index in [1.54, 1.807) is 4.68 Å². The lowest BCUT2D eigenvalue weighted by molar-refractivity contribution is 0.0941. The third kappa shape index (κ3) is 4.35. The maximum atomic E-state index is 12.4. The summed E-state index contributed by atoms with van der Waals surface area (Å²) in [4.78, 5) is 12.4. The van der Waals surface area contributed by atoms with Gasteiger partial charge in [-0.3, -0.25) is 9.48 Å². The normalized spacial score (nSPS) is 12.3. The average molecular weight is 344 g/mol. The molecule has 24 heavy (non-hydrogen) atoms. The molecule has 1 N–H and O–H groups in total. The molecule has 0 spiro atoms. The Morgan fingerprint density at radius 1 is 1.17 bits per heavy atom. The zero-order chi connectivity index (χ0) is 18.1. The molecule has 0 fully saturated rings. The van der Waals surface area contributed by atoms with Crippen LogP contribution in [0.2, 0.25) is 19.6 Å². The largest absolute Gasteiger partial charge is 0.347 e. The van der Waals surface area contributed by atoms with Crippen LogP contribution in [0.4, 0.5) is 0 Å². The van der Waals surface area contributed by atoms with E-state index in [0.717, 1.165) is 11.3 Å². The van der Waals surface area contributed by atoms with Gasteiger partial charge in [-0.15, -0.1) is 0 Å². The summed E-state index contributed by atoms with van der Waals surface area (Å²) in [5.41, 5.74) is 2.57. The molecule has 5 heteroatoms. The molecule has 0 unspecified atom stereocenters. The Morgan fingerprint density at radius 2 is 1.75 bits per heavy atom. The zero-order valence-corrected chi connectivity index (χ0v) is 16.9. The van der Waals surface area contributed by atoms with Crippen molar-refractivity contribution < 1.29 is 4.79 Å². The SMILES string of the molecule is Cn1nc(C(C)(C)C)cc1C(=O)NCc1ccc([Si](C)(C)C)cc1. The van der Waals surface area contributed by atoms with Crippen LogP contribution in [-0.4, -0.2) is 23.8 Å². The molecular formula is C19H29N3OSi. The number of amides is 1. The number of hydrogen-bond acceptors (Lipinski definition) is 2. The predicted octanol–water partition coefficient (Wildman–Crippen LogP) is 3.19. The number of aryl methyl sites for hydroxylation is 1. The van der Waals surface area contributed by atoms with Gasteiger partial charge in [-0.1, -0.05) is 69.9 Å². The van der Waals surface area contributed by atoms with Crippen LogP contribution in [0, 0.1) is 0 Å². The number of carbonyl (C=O) groups is 1. The highest BCUT2D eigenvalue weighted by atomic mass is 28.3. The molecule has 1 heterocycles. The molecule has 130 valence electrons. The molecule has 1 aromatic heterocycles. The van der Waals surface area contributed by atoms with Crippen molar-refractivity contribution in [2.75, 3.05) is 0 Å². The molecule has 1 aromatic carbocycles. The van der Waals surface area contributed by atoms with Crippen molar-refractivity contribution in [1.82, 2.24) is 15.1 Å². The molecule has 0 saturated carbocycles. The molecule has 0 atom stereocenters. The Morgan fingerprint density at radius 3 is 2.21 bits per heavy atom. The van der Waals surface area contributed by atoms with Crippen molar-refractivity contribution in [3.05, 3.63) is 47.3 Å². The first-order chi connectivity index (χ1) is 11.0. The summed E-state index contributed by atoms with van der Waals surface area (Å²) in [6.07, 6.45) is 0. The maximum Gasteiger partial charge on any atom is 0.269 e. The van der Waals surface area contributed by atoms with E-state index in [9.17, 15) is 4.79 Å². The first-order valence-electron chi connectivity index (χ1n) is 8.40. The minimum atomic E-state index is -1.28. The summed E-state index contributed by atoms with van der Waals surface area (Å²) >= 11 is 0. The third-order valence-electron chi connectivity index (χ3n) is 4.15. The van der Waals surface area contributed by atoms with Crippen molar-refractivity contribution in [2.24, 2.45) is 7.05 Å². The smallest absolute Gasteiger partial charge is 0.269 e. The highest BCUT2D eigenvalue weighted by molar-refractivity contribution is 6.88. The number of benzene rings is 1. The van der Waals surface area contributed by atoms with Gasteiger partial charge in [-0.2, -0.15) is 5.10 Å². The van der Waals surface area contributed by atoms with Gasteiger partial charge in [0.15, 0.2) is 0 Å². The predicted molar refractivity (Wildman–Crippen MR) is 103 cm³/mol. The highest BCUT2D eigenvalue weighted by Gasteiger charge is 2.21. The van der Waals surface area contributed by atoms with E-state index < -0.39 is 8.07 Å². The number of hydrogen-bond donors (Lipinski definition) is 1. The second-order valence-corrected chi connectivity index (χ2v) is 13.5. The number of nitrogens with zero attached hydrogens (tertiary/aromatic N) is 2. The number of rotatable bonds is 4. The summed E-state index contributed by atoms with van der Waals surface area (Å²) in [5.74, 6) is -0.0882. The van der Waals surface area contributed by atoms with Gasteiger partial charge >= 0.3 is 0 Å². The summed E-state index contributed by atoms with van der Waals surface area (Å²) in [6, 6.07) is 10.5. The number of aromatic nitrogens is 2. The number of carbonyl (C=O) groups excluding carboxylic acids is 1. The third-order valence-corrected chi connectivity index (χ3v) is 6.22. The van der Waals surface area contributed by atoms with Crippen LogP contribution >= 0.6 is 0 Å². The quantitative estimate of drug-likeness (QED) is 0.867. The average Bonchev–Trinajstić information content (AvgIpc) is 2.86. The molecule has 0 aliphatic rings. The maximum absolute atomic E-state index is 12.4. The van der Waals surface area contributed by atoms with Gasteiger partial charge in [0.25, 0.3) is 5.91 Å². The molecule has 0 bridgehead atoms. The highest BCUT2D eigenvalue weighted by Crippen LogP contribution is 2.21. The fraction of sp³-hybridized carbons (Fsp3) is 0.474. The van der Waals surface area contributed by atoms with Gasteiger partial charge in [0.1, 0.15) is 5.69 Å². The van der Waals surface area contributed by atoms with Crippen molar-refractivity contribution in [3.8, 4) is 0 Å². The van der Waals surface area contributed by atoms with Crippen LogP contribution < -0.4 is 10.5 Å². The lowest BCUT2D eigenvalue weighted by atomic mass is 9.92. The Kier molecular flexibility index (Phi) is 5.04. The van der Waals surface area contributed by atoms with E-state index in [4.69, 9.17) is 0 Å². The topological polar surface area (TPSA) is 46.9 Å². The molecule has 2 rings (SSSR count).